The van der Waals surface area contributed by atoms with Gasteiger partial charge in [-0.1, -0.05) is 0 Å². The van der Waals surface area contributed by atoms with Crippen LogP contribution in [0.3, 0.4) is 0 Å². The first kappa shape index (κ1) is 16.9. The second-order valence-electron chi connectivity index (χ2n) is 7.03. The summed E-state index contributed by atoms with van der Waals surface area (Å²) in [5.41, 5.74) is -2.35. The van der Waals surface area contributed by atoms with Crippen molar-refractivity contribution in [3.05, 3.63) is 33.1 Å². The first-order valence-corrected chi connectivity index (χ1v) is 8.49. The molecule has 3 atom stereocenters. The smallest absolute Gasteiger partial charge is 0.332 e. The predicted octanol–water partition coefficient (Wildman–Crippen LogP) is -1.15. The van der Waals surface area contributed by atoms with Crippen molar-refractivity contribution in [3.63, 3.8) is 0 Å². The lowest BCUT2D eigenvalue weighted by Crippen LogP contribution is -2.49. The molecule has 3 aliphatic rings. The number of ether oxygens (including phenoxy) is 3. The standard InChI is InChI=1S/C16H22N2O7/c1-17-10(21)4-7-18(14(17)22)13-11-12(15(8-19,9-20)25-13)24-16(23-11)5-2-3-6-16/h4,7,11-13,19-20H,2-3,5-6,8-9H2,1H3/t11-,12+,13-/m1/s1. The molecule has 0 aromatic carbocycles. The molecule has 1 saturated carbocycles. The fourth-order valence-corrected chi connectivity index (χ4v) is 4.07. The van der Waals surface area contributed by atoms with E-state index in [0.717, 1.165) is 30.3 Å². The van der Waals surface area contributed by atoms with Crippen molar-refractivity contribution in [2.24, 2.45) is 7.05 Å². The summed E-state index contributed by atoms with van der Waals surface area (Å²) in [5, 5.41) is 19.7. The number of hydrogen-bond donors (Lipinski definition) is 2. The summed E-state index contributed by atoms with van der Waals surface area (Å²) in [6, 6.07) is 1.26. The molecular formula is C16H22N2O7. The Morgan fingerprint density at radius 1 is 1.16 bits per heavy atom. The van der Waals surface area contributed by atoms with Gasteiger partial charge < -0.3 is 24.4 Å². The van der Waals surface area contributed by atoms with Gasteiger partial charge in [0.25, 0.3) is 5.56 Å². The van der Waals surface area contributed by atoms with Crippen LogP contribution < -0.4 is 11.2 Å². The van der Waals surface area contributed by atoms with Crippen molar-refractivity contribution in [2.45, 2.75) is 55.5 Å². The molecule has 1 spiro atoms. The Morgan fingerprint density at radius 3 is 2.48 bits per heavy atom. The van der Waals surface area contributed by atoms with Gasteiger partial charge in [0, 0.05) is 32.2 Å². The Morgan fingerprint density at radius 2 is 1.84 bits per heavy atom. The normalized spacial score (nSPS) is 32.4. The fraction of sp³-hybridized carbons (Fsp3) is 0.750. The highest BCUT2D eigenvalue weighted by Crippen LogP contribution is 2.52. The number of nitrogens with zero attached hydrogens (tertiary/aromatic N) is 2. The van der Waals surface area contributed by atoms with Crippen molar-refractivity contribution < 1.29 is 24.4 Å². The molecule has 138 valence electrons. The van der Waals surface area contributed by atoms with Crippen LogP contribution in [0.2, 0.25) is 0 Å². The molecule has 0 unspecified atom stereocenters. The van der Waals surface area contributed by atoms with Crippen LogP contribution in [-0.2, 0) is 21.3 Å². The van der Waals surface area contributed by atoms with Crippen LogP contribution in [0.15, 0.2) is 21.9 Å². The summed E-state index contributed by atoms with van der Waals surface area (Å²) in [4.78, 5) is 24.1. The summed E-state index contributed by atoms with van der Waals surface area (Å²) < 4.78 is 20.4. The zero-order valence-corrected chi connectivity index (χ0v) is 14.0. The molecule has 1 aliphatic carbocycles. The van der Waals surface area contributed by atoms with Crippen LogP contribution >= 0.6 is 0 Å². The maximum Gasteiger partial charge on any atom is 0.332 e. The van der Waals surface area contributed by atoms with Gasteiger partial charge in [-0.25, -0.2) is 4.79 Å². The maximum atomic E-state index is 12.5. The monoisotopic (exact) mass is 354 g/mol. The van der Waals surface area contributed by atoms with Crippen LogP contribution in [0.25, 0.3) is 0 Å². The molecule has 0 bridgehead atoms. The second kappa shape index (κ2) is 5.75. The summed E-state index contributed by atoms with van der Waals surface area (Å²) in [7, 11) is 1.38. The van der Waals surface area contributed by atoms with Gasteiger partial charge in [-0.2, -0.15) is 0 Å². The Hall–Kier alpha value is -1.52. The summed E-state index contributed by atoms with van der Waals surface area (Å²) in [5.74, 6) is -0.753. The molecule has 3 heterocycles. The fourth-order valence-electron chi connectivity index (χ4n) is 4.07. The van der Waals surface area contributed by atoms with Crippen LogP contribution in [0.1, 0.15) is 31.9 Å². The number of aromatic nitrogens is 2. The van der Waals surface area contributed by atoms with E-state index in [1.165, 1.54) is 23.9 Å². The van der Waals surface area contributed by atoms with Crippen LogP contribution in [-0.4, -0.2) is 56.2 Å². The van der Waals surface area contributed by atoms with E-state index in [0.29, 0.717) is 0 Å². The van der Waals surface area contributed by atoms with E-state index >= 15 is 0 Å². The third-order valence-electron chi connectivity index (χ3n) is 5.54. The van der Waals surface area contributed by atoms with E-state index in [1.807, 2.05) is 0 Å². The van der Waals surface area contributed by atoms with E-state index in [2.05, 4.69) is 0 Å². The van der Waals surface area contributed by atoms with E-state index in [1.54, 1.807) is 0 Å². The first-order valence-electron chi connectivity index (χ1n) is 8.49. The second-order valence-corrected chi connectivity index (χ2v) is 7.03. The van der Waals surface area contributed by atoms with Gasteiger partial charge >= 0.3 is 5.69 Å². The number of aliphatic hydroxyl groups is 2. The van der Waals surface area contributed by atoms with Crippen LogP contribution in [0, 0.1) is 0 Å². The Labute approximate surface area is 143 Å². The lowest BCUT2D eigenvalue weighted by atomic mass is 9.97. The van der Waals surface area contributed by atoms with Crippen LogP contribution in [0.5, 0.6) is 0 Å². The summed E-state index contributed by atoms with van der Waals surface area (Å²) >= 11 is 0. The number of rotatable bonds is 3. The van der Waals surface area contributed by atoms with E-state index in [9.17, 15) is 19.8 Å². The zero-order valence-electron chi connectivity index (χ0n) is 14.0. The minimum atomic E-state index is -1.37. The average molecular weight is 354 g/mol. The van der Waals surface area contributed by atoms with Crippen molar-refractivity contribution >= 4 is 0 Å². The van der Waals surface area contributed by atoms with Gasteiger partial charge in [-0.05, 0) is 12.8 Å². The molecule has 25 heavy (non-hydrogen) atoms. The molecular weight excluding hydrogens is 332 g/mol. The highest BCUT2D eigenvalue weighted by molar-refractivity contribution is 5.08. The summed E-state index contributed by atoms with van der Waals surface area (Å²) in [6.07, 6.45) is 2.47. The predicted molar refractivity (Wildman–Crippen MR) is 83.9 cm³/mol. The minimum absolute atomic E-state index is 0.428. The highest BCUT2D eigenvalue weighted by Gasteiger charge is 2.65. The van der Waals surface area contributed by atoms with Gasteiger partial charge in [0.1, 0.15) is 17.8 Å². The van der Waals surface area contributed by atoms with E-state index in [4.69, 9.17) is 14.2 Å². The lowest BCUT2D eigenvalue weighted by molar-refractivity contribution is -0.245. The summed E-state index contributed by atoms with van der Waals surface area (Å²) in [6.45, 7) is -0.942. The van der Waals surface area contributed by atoms with Crippen molar-refractivity contribution in [3.8, 4) is 0 Å². The number of aliphatic hydroxyl groups excluding tert-OH is 2. The van der Waals surface area contributed by atoms with Crippen molar-refractivity contribution in [2.75, 3.05) is 13.2 Å². The SMILES string of the molecule is Cn1c(=O)ccn([C@@H]2OC(CO)(CO)[C@H]3OC4(CCCC4)O[C@@H]23)c1=O. The van der Waals surface area contributed by atoms with Crippen LogP contribution in [0.4, 0.5) is 0 Å². The van der Waals surface area contributed by atoms with Gasteiger partial charge in [-0.15, -0.1) is 0 Å². The molecule has 1 aromatic rings. The lowest BCUT2D eigenvalue weighted by Gasteiger charge is -2.32. The topological polar surface area (TPSA) is 112 Å². The Kier molecular flexibility index (Phi) is 3.89. The molecule has 2 N–H and O–H groups in total. The number of fused-ring (bicyclic) bond motifs is 1. The molecule has 4 rings (SSSR count). The zero-order chi connectivity index (χ0) is 17.8. The minimum Gasteiger partial charge on any atom is -0.393 e. The molecule has 9 heteroatoms. The van der Waals surface area contributed by atoms with E-state index < -0.39 is 54.3 Å². The molecule has 0 radical (unpaired) electrons. The maximum absolute atomic E-state index is 12.5. The van der Waals surface area contributed by atoms with E-state index in [-0.39, 0.29) is 0 Å². The molecule has 1 aromatic heterocycles. The largest absolute Gasteiger partial charge is 0.393 e. The molecule has 9 nitrogen and oxygen atoms in total. The Balaban J connectivity index is 1.78. The molecule has 2 saturated heterocycles. The van der Waals surface area contributed by atoms with Gasteiger partial charge in [0.15, 0.2) is 12.0 Å². The van der Waals surface area contributed by atoms with Gasteiger partial charge in [0.2, 0.25) is 0 Å². The quantitative estimate of drug-likeness (QED) is 0.705. The molecule has 3 fully saturated rings. The van der Waals surface area contributed by atoms with Gasteiger partial charge in [-0.3, -0.25) is 13.9 Å². The third-order valence-corrected chi connectivity index (χ3v) is 5.54. The number of hydrogen-bond acceptors (Lipinski definition) is 7. The van der Waals surface area contributed by atoms with Crippen molar-refractivity contribution in [1.82, 2.24) is 9.13 Å². The molecule has 2 aliphatic heterocycles. The van der Waals surface area contributed by atoms with Crippen molar-refractivity contribution in [1.29, 1.82) is 0 Å². The average Bonchev–Trinajstić information content (AvgIpc) is 3.29. The van der Waals surface area contributed by atoms with Gasteiger partial charge in [0.05, 0.1) is 13.2 Å². The molecule has 0 amide bonds. The third kappa shape index (κ3) is 2.34. The highest BCUT2D eigenvalue weighted by atomic mass is 16.8. The first-order chi connectivity index (χ1) is 12.0. The Bertz CT molecular complexity index is 775.